The van der Waals surface area contributed by atoms with E-state index < -0.39 is 10.7 Å². The molecule has 0 radical (unpaired) electrons. The summed E-state index contributed by atoms with van der Waals surface area (Å²) < 4.78 is 17.8. The molecular weight excluding hydrogens is 215 g/mol. The smallest absolute Gasteiger partial charge is 0.295 e. The zero-order valence-corrected chi connectivity index (χ0v) is 9.07. The number of methoxy groups -OCH3 is 1. The average molecular weight is 228 g/mol. The Morgan fingerprint density at radius 1 is 1.62 bits per heavy atom. The molecule has 5 nitrogen and oxygen atoms in total. The van der Waals surface area contributed by atoms with Gasteiger partial charge < -0.3 is 10.1 Å². The number of nitrogens with one attached hydrogen (secondary N) is 1. The average Bonchev–Trinajstić information content (AvgIpc) is 2.26. The van der Waals surface area contributed by atoms with Gasteiger partial charge in [-0.1, -0.05) is 0 Å². The van der Waals surface area contributed by atoms with Crippen molar-refractivity contribution in [3.63, 3.8) is 0 Å². The van der Waals surface area contributed by atoms with Crippen LogP contribution in [0.1, 0.15) is 6.92 Å². The molecule has 1 aromatic rings. The Morgan fingerprint density at radius 2 is 2.31 bits per heavy atom. The highest BCUT2D eigenvalue weighted by atomic mass is 19.1. The maximum absolute atomic E-state index is 12.8. The Bertz CT molecular complexity index is 384. The van der Waals surface area contributed by atoms with Gasteiger partial charge >= 0.3 is 0 Å². The second-order valence-corrected chi connectivity index (χ2v) is 3.35. The van der Waals surface area contributed by atoms with Gasteiger partial charge in [-0.05, 0) is 19.1 Å². The zero-order valence-electron chi connectivity index (χ0n) is 9.07. The fraction of sp³-hybridized carbons (Fsp3) is 0.400. The van der Waals surface area contributed by atoms with Gasteiger partial charge in [0.1, 0.15) is 11.5 Å². The van der Waals surface area contributed by atoms with Crippen LogP contribution in [-0.2, 0) is 4.74 Å². The van der Waals surface area contributed by atoms with Gasteiger partial charge in [-0.25, -0.2) is 4.39 Å². The summed E-state index contributed by atoms with van der Waals surface area (Å²) in [6.45, 7) is 2.24. The van der Waals surface area contributed by atoms with Crippen LogP contribution < -0.4 is 5.32 Å². The Kier molecular flexibility index (Phi) is 4.19. The number of nitrogens with zero attached hydrogens (tertiary/aromatic N) is 1. The minimum Gasteiger partial charge on any atom is -0.380 e. The van der Waals surface area contributed by atoms with Gasteiger partial charge in [0.05, 0.1) is 17.1 Å². The van der Waals surface area contributed by atoms with Gasteiger partial charge in [0.25, 0.3) is 5.69 Å². The predicted molar refractivity (Wildman–Crippen MR) is 58.0 cm³/mol. The monoisotopic (exact) mass is 228 g/mol. The molecule has 0 heterocycles. The minimum atomic E-state index is -0.628. The van der Waals surface area contributed by atoms with E-state index in [1.54, 1.807) is 7.11 Å². The van der Waals surface area contributed by atoms with E-state index in [1.165, 1.54) is 12.1 Å². The van der Waals surface area contributed by atoms with E-state index in [0.29, 0.717) is 6.54 Å². The van der Waals surface area contributed by atoms with Gasteiger partial charge in [-0.15, -0.1) is 0 Å². The van der Waals surface area contributed by atoms with E-state index >= 15 is 0 Å². The van der Waals surface area contributed by atoms with Crippen LogP contribution in [0.15, 0.2) is 18.2 Å². The summed E-state index contributed by atoms with van der Waals surface area (Å²) in [4.78, 5) is 10.0. The van der Waals surface area contributed by atoms with Crippen molar-refractivity contribution in [3.8, 4) is 0 Å². The van der Waals surface area contributed by atoms with E-state index in [-0.39, 0.29) is 17.5 Å². The van der Waals surface area contributed by atoms with Crippen LogP contribution in [0.4, 0.5) is 15.8 Å². The number of ether oxygens (including phenoxy) is 1. The van der Waals surface area contributed by atoms with Crippen molar-refractivity contribution in [1.29, 1.82) is 0 Å². The molecule has 1 N–H and O–H groups in total. The molecule has 1 rings (SSSR count). The van der Waals surface area contributed by atoms with Crippen molar-refractivity contribution in [2.75, 3.05) is 19.0 Å². The standard InChI is InChI=1S/C10H13FN2O3/c1-7(16-2)6-12-9-4-3-8(11)5-10(9)13(14)15/h3-5,7,12H,6H2,1-2H3. The molecule has 0 spiro atoms. The molecule has 0 bridgehead atoms. The Morgan fingerprint density at radius 3 is 2.88 bits per heavy atom. The first-order chi connectivity index (χ1) is 7.54. The van der Waals surface area contributed by atoms with Crippen LogP contribution in [0, 0.1) is 15.9 Å². The molecular formula is C10H13FN2O3. The van der Waals surface area contributed by atoms with Crippen LogP contribution in [0.25, 0.3) is 0 Å². The quantitative estimate of drug-likeness (QED) is 0.619. The summed E-state index contributed by atoms with van der Waals surface area (Å²) >= 11 is 0. The number of anilines is 1. The third-order valence-corrected chi connectivity index (χ3v) is 2.14. The SMILES string of the molecule is COC(C)CNc1ccc(F)cc1[N+](=O)[O-]. The van der Waals surface area contributed by atoms with Gasteiger partial charge in [0, 0.05) is 13.7 Å². The van der Waals surface area contributed by atoms with Crippen molar-refractivity contribution < 1.29 is 14.1 Å². The summed E-state index contributed by atoms with van der Waals surface area (Å²) in [5, 5.41) is 13.5. The van der Waals surface area contributed by atoms with E-state index in [0.717, 1.165) is 6.07 Å². The molecule has 16 heavy (non-hydrogen) atoms. The number of halogens is 1. The summed E-state index contributed by atoms with van der Waals surface area (Å²) in [6, 6.07) is 3.41. The van der Waals surface area contributed by atoms with Crippen molar-refractivity contribution >= 4 is 11.4 Å². The molecule has 1 atom stereocenters. The molecule has 0 amide bonds. The third kappa shape index (κ3) is 3.16. The number of benzene rings is 1. The normalized spacial score (nSPS) is 12.2. The summed E-state index contributed by atoms with van der Waals surface area (Å²) in [5.41, 5.74) is 0.0126. The first-order valence-corrected chi connectivity index (χ1v) is 4.75. The minimum absolute atomic E-state index is 0.0790. The van der Waals surface area contributed by atoms with Crippen LogP contribution in [0.2, 0.25) is 0 Å². The van der Waals surface area contributed by atoms with E-state index in [1.807, 2.05) is 6.92 Å². The molecule has 88 valence electrons. The fourth-order valence-electron chi connectivity index (χ4n) is 1.14. The van der Waals surface area contributed by atoms with Crippen molar-refractivity contribution in [2.24, 2.45) is 0 Å². The van der Waals surface area contributed by atoms with Crippen LogP contribution in [0.3, 0.4) is 0 Å². The highest BCUT2D eigenvalue weighted by Crippen LogP contribution is 2.24. The Balaban J connectivity index is 2.82. The second kappa shape index (κ2) is 5.41. The Labute approximate surface area is 92.4 Å². The van der Waals surface area contributed by atoms with Gasteiger partial charge in [0.2, 0.25) is 0 Å². The molecule has 0 saturated heterocycles. The lowest BCUT2D eigenvalue weighted by Gasteiger charge is -2.11. The molecule has 6 heteroatoms. The van der Waals surface area contributed by atoms with E-state index in [4.69, 9.17) is 4.74 Å². The van der Waals surface area contributed by atoms with Crippen molar-refractivity contribution in [1.82, 2.24) is 0 Å². The number of nitro groups is 1. The number of hydrogen-bond donors (Lipinski definition) is 1. The third-order valence-electron chi connectivity index (χ3n) is 2.14. The summed E-state index contributed by atoms with van der Waals surface area (Å²) in [7, 11) is 1.55. The lowest BCUT2D eigenvalue weighted by Crippen LogP contribution is -2.18. The lowest BCUT2D eigenvalue weighted by molar-refractivity contribution is -0.384. The van der Waals surface area contributed by atoms with Crippen molar-refractivity contribution in [3.05, 3.63) is 34.1 Å². The highest BCUT2D eigenvalue weighted by Gasteiger charge is 2.14. The molecule has 1 unspecified atom stereocenters. The topological polar surface area (TPSA) is 64.4 Å². The maximum Gasteiger partial charge on any atom is 0.295 e. The molecule has 0 fully saturated rings. The molecule has 0 aliphatic heterocycles. The zero-order chi connectivity index (χ0) is 12.1. The number of hydrogen-bond acceptors (Lipinski definition) is 4. The molecule has 0 aliphatic rings. The van der Waals surface area contributed by atoms with Crippen LogP contribution in [0.5, 0.6) is 0 Å². The van der Waals surface area contributed by atoms with Crippen molar-refractivity contribution in [2.45, 2.75) is 13.0 Å². The maximum atomic E-state index is 12.8. The molecule has 0 saturated carbocycles. The van der Waals surface area contributed by atoms with E-state index in [2.05, 4.69) is 5.32 Å². The molecule has 1 aromatic carbocycles. The van der Waals surface area contributed by atoms with Gasteiger partial charge in [-0.2, -0.15) is 0 Å². The second-order valence-electron chi connectivity index (χ2n) is 3.35. The highest BCUT2D eigenvalue weighted by molar-refractivity contribution is 5.61. The van der Waals surface area contributed by atoms with E-state index in [9.17, 15) is 14.5 Å². The van der Waals surface area contributed by atoms with Crippen LogP contribution in [-0.4, -0.2) is 24.7 Å². The largest absolute Gasteiger partial charge is 0.380 e. The van der Waals surface area contributed by atoms with Gasteiger partial charge in [0.15, 0.2) is 0 Å². The summed E-state index contributed by atoms with van der Waals surface area (Å²) in [6.07, 6.45) is -0.0790. The first-order valence-electron chi connectivity index (χ1n) is 4.75. The lowest BCUT2D eigenvalue weighted by atomic mass is 10.2. The summed E-state index contributed by atoms with van der Waals surface area (Å²) in [5.74, 6) is -0.628. The molecule has 0 aliphatic carbocycles. The number of rotatable bonds is 5. The van der Waals surface area contributed by atoms with Crippen LogP contribution >= 0.6 is 0 Å². The molecule has 0 aromatic heterocycles. The first kappa shape index (κ1) is 12.4. The fourth-order valence-corrected chi connectivity index (χ4v) is 1.14. The van der Waals surface area contributed by atoms with Gasteiger partial charge in [-0.3, -0.25) is 10.1 Å². The number of nitro benzene ring substituents is 1. The predicted octanol–water partition coefficient (Wildman–Crippen LogP) is 2.18. The Hall–Kier alpha value is -1.69.